The molecular formula is C16H19N3. The first-order valence-corrected chi connectivity index (χ1v) is 7.00. The van der Waals surface area contributed by atoms with Gasteiger partial charge in [-0.15, -0.1) is 0 Å². The highest BCUT2D eigenvalue weighted by atomic mass is 15.2. The molecule has 98 valence electrons. The van der Waals surface area contributed by atoms with Gasteiger partial charge >= 0.3 is 0 Å². The number of benzene rings is 1. The Hall–Kier alpha value is -2.00. The minimum absolute atomic E-state index is 0.384. The van der Waals surface area contributed by atoms with Crippen molar-refractivity contribution in [3.8, 4) is 12.3 Å². The van der Waals surface area contributed by atoms with Crippen molar-refractivity contribution in [2.75, 3.05) is 4.90 Å². The van der Waals surface area contributed by atoms with Gasteiger partial charge < -0.3 is 0 Å². The van der Waals surface area contributed by atoms with Gasteiger partial charge in [-0.05, 0) is 43.4 Å². The highest BCUT2D eigenvalue weighted by Gasteiger charge is 2.22. The average molecular weight is 253 g/mol. The van der Waals surface area contributed by atoms with Crippen LogP contribution >= 0.6 is 0 Å². The molecule has 1 aliphatic carbocycles. The zero-order valence-electron chi connectivity index (χ0n) is 11.2. The van der Waals surface area contributed by atoms with Crippen LogP contribution in [0.3, 0.4) is 0 Å². The van der Waals surface area contributed by atoms with E-state index in [2.05, 4.69) is 24.4 Å². The molecule has 3 heteroatoms. The predicted molar refractivity (Wildman–Crippen MR) is 75.3 cm³/mol. The summed E-state index contributed by atoms with van der Waals surface area (Å²) in [4.78, 5) is 1.85. The zero-order valence-corrected chi connectivity index (χ0v) is 11.2. The topological polar surface area (TPSA) is 50.8 Å². The molecule has 1 saturated carbocycles. The molecular weight excluding hydrogens is 234 g/mol. The summed E-state index contributed by atoms with van der Waals surface area (Å²) in [7, 11) is 0. The molecule has 1 aromatic carbocycles. The Labute approximate surface area is 115 Å². The Balaban J connectivity index is 2.00. The van der Waals surface area contributed by atoms with Crippen LogP contribution in [0.25, 0.3) is 0 Å². The predicted octanol–water partition coefficient (Wildman–Crippen LogP) is 3.76. The molecule has 0 N–H and O–H groups in total. The van der Waals surface area contributed by atoms with Crippen molar-refractivity contribution >= 4 is 5.69 Å². The normalized spacial score (nSPS) is 14.8. The van der Waals surface area contributed by atoms with Gasteiger partial charge in [0.25, 0.3) is 0 Å². The third-order valence-corrected chi connectivity index (χ3v) is 3.77. The van der Waals surface area contributed by atoms with E-state index in [1.165, 1.54) is 18.4 Å². The van der Waals surface area contributed by atoms with E-state index >= 15 is 0 Å². The molecule has 0 amide bonds. The van der Waals surface area contributed by atoms with E-state index < -0.39 is 0 Å². The number of nitriles is 2. The molecule has 0 unspecified atom stereocenters. The lowest BCUT2D eigenvalue weighted by Gasteiger charge is -2.22. The van der Waals surface area contributed by atoms with Crippen LogP contribution in [0.1, 0.15) is 44.1 Å². The SMILES string of the molecule is N#CCCCc1ccc(N(C#N)C2CCCC2)cc1. The Kier molecular flexibility index (Phi) is 4.81. The van der Waals surface area contributed by atoms with Gasteiger partial charge in [0.2, 0.25) is 0 Å². The summed E-state index contributed by atoms with van der Waals surface area (Å²) in [5.41, 5.74) is 2.24. The third-order valence-electron chi connectivity index (χ3n) is 3.77. The molecule has 0 bridgehead atoms. The first-order valence-electron chi connectivity index (χ1n) is 7.00. The van der Waals surface area contributed by atoms with Gasteiger partial charge in [0.15, 0.2) is 6.19 Å². The van der Waals surface area contributed by atoms with Gasteiger partial charge in [-0.3, -0.25) is 4.90 Å². The fraction of sp³-hybridized carbons (Fsp3) is 0.500. The van der Waals surface area contributed by atoms with Crippen LogP contribution in [0.4, 0.5) is 5.69 Å². The van der Waals surface area contributed by atoms with Crippen molar-refractivity contribution in [1.29, 1.82) is 10.5 Å². The van der Waals surface area contributed by atoms with E-state index in [1.807, 2.05) is 17.0 Å². The Morgan fingerprint density at radius 2 is 1.79 bits per heavy atom. The summed E-state index contributed by atoms with van der Waals surface area (Å²) in [5.74, 6) is 0. The number of hydrogen-bond acceptors (Lipinski definition) is 3. The molecule has 0 radical (unpaired) electrons. The summed E-state index contributed by atoms with van der Waals surface area (Å²) >= 11 is 0. The van der Waals surface area contributed by atoms with Gasteiger partial charge in [-0.1, -0.05) is 25.0 Å². The fourth-order valence-electron chi connectivity index (χ4n) is 2.71. The van der Waals surface area contributed by atoms with Gasteiger partial charge in [0.05, 0.1) is 11.8 Å². The molecule has 1 fully saturated rings. The molecule has 0 aliphatic heterocycles. The van der Waals surface area contributed by atoms with Crippen LogP contribution < -0.4 is 4.90 Å². The van der Waals surface area contributed by atoms with E-state index in [0.717, 1.165) is 31.4 Å². The average Bonchev–Trinajstić information content (AvgIpc) is 2.96. The molecule has 0 heterocycles. The minimum atomic E-state index is 0.384. The molecule has 0 saturated heterocycles. The second kappa shape index (κ2) is 6.81. The van der Waals surface area contributed by atoms with Crippen LogP contribution in [-0.2, 0) is 6.42 Å². The molecule has 19 heavy (non-hydrogen) atoms. The van der Waals surface area contributed by atoms with E-state index in [0.29, 0.717) is 12.5 Å². The molecule has 0 aromatic heterocycles. The smallest absolute Gasteiger partial charge is 0.184 e. The van der Waals surface area contributed by atoms with E-state index in [4.69, 9.17) is 5.26 Å². The summed E-state index contributed by atoms with van der Waals surface area (Å²) in [6.45, 7) is 0. The molecule has 0 atom stereocenters. The molecule has 1 aliphatic rings. The third kappa shape index (κ3) is 3.48. The van der Waals surface area contributed by atoms with Crippen molar-refractivity contribution in [3.63, 3.8) is 0 Å². The molecule has 0 spiro atoms. The quantitative estimate of drug-likeness (QED) is 0.456. The maximum atomic E-state index is 9.32. The summed E-state index contributed by atoms with van der Waals surface area (Å²) in [6.07, 6.45) is 9.47. The van der Waals surface area contributed by atoms with Crippen LogP contribution in [0.5, 0.6) is 0 Å². The van der Waals surface area contributed by atoms with Crippen molar-refractivity contribution in [1.82, 2.24) is 0 Å². The largest absolute Gasteiger partial charge is 0.276 e. The number of hydrogen-bond donors (Lipinski definition) is 0. The number of rotatable bonds is 5. The molecule has 3 nitrogen and oxygen atoms in total. The van der Waals surface area contributed by atoms with E-state index in [-0.39, 0.29) is 0 Å². The van der Waals surface area contributed by atoms with Crippen LogP contribution in [-0.4, -0.2) is 6.04 Å². The Morgan fingerprint density at radius 1 is 1.11 bits per heavy atom. The van der Waals surface area contributed by atoms with Gasteiger partial charge in [-0.25, -0.2) is 0 Å². The lowest BCUT2D eigenvalue weighted by atomic mass is 10.1. The number of unbranched alkanes of at least 4 members (excludes halogenated alkanes) is 1. The zero-order chi connectivity index (χ0) is 13.5. The fourth-order valence-corrected chi connectivity index (χ4v) is 2.71. The standard InChI is InChI=1S/C16H19N3/c17-12-4-3-5-14-8-10-16(11-9-14)19(13-18)15-6-1-2-7-15/h8-11,15H,1-7H2. The number of aryl methyl sites for hydroxylation is 1. The van der Waals surface area contributed by atoms with Crippen LogP contribution in [0, 0.1) is 22.8 Å². The first kappa shape index (κ1) is 13.4. The van der Waals surface area contributed by atoms with Crippen molar-refractivity contribution in [2.24, 2.45) is 0 Å². The van der Waals surface area contributed by atoms with E-state index in [9.17, 15) is 5.26 Å². The molecule has 2 rings (SSSR count). The van der Waals surface area contributed by atoms with Gasteiger partial charge in [0.1, 0.15) is 0 Å². The summed E-state index contributed by atoms with van der Waals surface area (Å²) in [5, 5.41) is 17.8. The van der Waals surface area contributed by atoms with Gasteiger partial charge in [0, 0.05) is 12.5 Å². The lowest BCUT2D eigenvalue weighted by Crippen LogP contribution is -2.28. The van der Waals surface area contributed by atoms with Gasteiger partial charge in [-0.2, -0.15) is 10.5 Å². The monoisotopic (exact) mass is 253 g/mol. The second-order valence-electron chi connectivity index (χ2n) is 5.09. The maximum absolute atomic E-state index is 9.32. The van der Waals surface area contributed by atoms with Crippen molar-refractivity contribution < 1.29 is 0 Å². The molecule has 1 aromatic rings. The van der Waals surface area contributed by atoms with Crippen molar-refractivity contribution in [2.45, 2.75) is 51.0 Å². The highest BCUT2D eigenvalue weighted by Crippen LogP contribution is 2.27. The van der Waals surface area contributed by atoms with Crippen LogP contribution in [0.2, 0.25) is 0 Å². The summed E-state index contributed by atoms with van der Waals surface area (Å²) in [6, 6.07) is 10.8. The van der Waals surface area contributed by atoms with Crippen molar-refractivity contribution in [3.05, 3.63) is 29.8 Å². The minimum Gasteiger partial charge on any atom is -0.276 e. The van der Waals surface area contributed by atoms with E-state index in [1.54, 1.807) is 0 Å². The Bertz CT molecular complexity index is 472. The highest BCUT2D eigenvalue weighted by molar-refractivity contribution is 5.52. The first-order chi connectivity index (χ1) is 9.35. The van der Waals surface area contributed by atoms with Crippen LogP contribution in [0.15, 0.2) is 24.3 Å². The second-order valence-corrected chi connectivity index (χ2v) is 5.09. The summed E-state index contributed by atoms with van der Waals surface area (Å²) < 4.78 is 0. The Morgan fingerprint density at radius 3 is 2.37 bits per heavy atom. The maximum Gasteiger partial charge on any atom is 0.184 e. The number of nitrogens with zero attached hydrogens (tertiary/aromatic N) is 3. The lowest BCUT2D eigenvalue weighted by molar-refractivity contribution is 0.679. The number of anilines is 1.